The van der Waals surface area contributed by atoms with Crippen molar-refractivity contribution in [3.05, 3.63) is 62.4 Å². The third-order valence-electron chi connectivity index (χ3n) is 5.86. The number of benzene rings is 1. The van der Waals surface area contributed by atoms with E-state index in [-0.39, 0.29) is 4.21 Å². The fraction of sp³-hybridized carbons (Fsp3) is 0.333. The van der Waals surface area contributed by atoms with E-state index >= 15 is 0 Å². The second kappa shape index (κ2) is 8.83. The number of thiophene rings is 1. The number of aromatic nitrogens is 3. The van der Waals surface area contributed by atoms with Crippen molar-refractivity contribution in [2.75, 3.05) is 0 Å². The van der Waals surface area contributed by atoms with Crippen molar-refractivity contribution in [3.8, 4) is 11.1 Å². The molecule has 0 atom stereocenters. The topological polar surface area (TPSA) is 85.1 Å². The highest BCUT2D eigenvalue weighted by Gasteiger charge is 2.24. The van der Waals surface area contributed by atoms with Gasteiger partial charge in [0.25, 0.3) is 0 Å². The van der Waals surface area contributed by atoms with E-state index in [9.17, 15) is 13.0 Å². The van der Waals surface area contributed by atoms with Crippen molar-refractivity contribution in [2.45, 2.75) is 58.2 Å². The number of pyridine rings is 1. The number of hydrogen-bond acceptors (Lipinski definition) is 5. The van der Waals surface area contributed by atoms with Crippen LogP contribution in [0.4, 0.5) is 0 Å². The molecule has 1 aromatic carbocycles. The highest BCUT2D eigenvalue weighted by molar-refractivity contribution is 7.88. The maximum atomic E-state index is 12.0. The minimum absolute atomic E-state index is 0.00960. The largest absolute Gasteiger partial charge is 0.304 e. The van der Waals surface area contributed by atoms with Gasteiger partial charge >= 0.3 is 10.1 Å². The molecule has 1 N–H and O–H groups in total. The van der Waals surface area contributed by atoms with Gasteiger partial charge in [-0.15, -0.1) is 11.3 Å². The van der Waals surface area contributed by atoms with Crippen LogP contribution in [0.2, 0.25) is 5.15 Å². The van der Waals surface area contributed by atoms with Crippen LogP contribution in [-0.2, 0) is 23.1 Å². The first-order valence-corrected chi connectivity index (χ1v) is 13.3. The van der Waals surface area contributed by atoms with E-state index in [2.05, 4.69) is 17.0 Å². The molecule has 9 heteroatoms. The Hall–Kier alpha value is -2.26. The van der Waals surface area contributed by atoms with Gasteiger partial charge in [0.2, 0.25) is 0 Å². The van der Waals surface area contributed by atoms with E-state index in [1.165, 1.54) is 0 Å². The summed E-state index contributed by atoms with van der Waals surface area (Å²) in [7, 11) is -4.31. The Morgan fingerprint density at radius 1 is 1.15 bits per heavy atom. The van der Waals surface area contributed by atoms with E-state index < -0.39 is 10.1 Å². The van der Waals surface area contributed by atoms with Crippen LogP contribution < -0.4 is 0 Å². The number of aryl methyl sites for hydroxylation is 4. The second-order valence-electron chi connectivity index (χ2n) is 8.37. The summed E-state index contributed by atoms with van der Waals surface area (Å²) < 4.78 is 35.6. The SMILES string of the molecule is CCCc1nc(C)cc2c1c(Cl)nn2Cc1ccc(-c2c(S(=O)(=O)O)sc(C)c2C)c(C)c1. The molecule has 0 aliphatic heterocycles. The molecule has 4 aromatic rings. The summed E-state index contributed by atoms with van der Waals surface area (Å²) in [5.41, 5.74) is 7.01. The molecule has 0 bridgehead atoms. The van der Waals surface area contributed by atoms with Crippen LogP contribution in [0.15, 0.2) is 28.5 Å². The molecule has 0 saturated carbocycles. The minimum Gasteiger partial charge on any atom is -0.281 e. The lowest BCUT2D eigenvalue weighted by Crippen LogP contribution is -2.04. The second-order valence-corrected chi connectivity index (χ2v) is 11.6. The van der Waals surface area contributed by atoms with Gasteiger partial charge in [0.1, 0.15) is 0 Å². The number of halogens is 1. The van der Waals surface area contributed by atoms with Gasteiger partial charge in [0.05, 0.1) is 23.1 Å². The van der Waals surface area contributed by atoms with Crippen LogP contribution in [0.25, 0.3) is 22.0 Å². The normalized spacial score (nSPS) is 12.1. The van der Waals surface area contributed by atoms with Gasteiger partial charge in [0.15, 0.2) is 9.36 Å². The van der Waals surface area contributed by atoms with Crippen molar-refractivity contribution in [3.63, 3.8) is 0 Å². The quantitative estimate of drug-likeness (QED) is 0.312. The number of nitrogens with zero attached hydrogens (tertiary/aromatic N) is 3. The average Bonchev–Trinajstić information content (AvgIpc) is 3.19. The van der Waals surface area contributed by atoms with Gasteiger partial charge in [-0.2, -0.15) is 13.5 Å². The highest BCUT2D eigenvalue weighted by Crippen LogP contribution is 2.40. The average molecular weight is 504 g/mol. The zero-order chi connectivity index (χ0) is 24.1. The third-order valence-corrected chi connectivity index (χ3v) is 8.68. The van der Waals surface area contributed by atoms with Gasteiger partial charge in [-0.05, 0) is 62.4 Å². The molecular weight excluding hydrogens is 478 g/mol. The monoisotopic (exact) mass is 503 g/mol. The van der Waals surface area contributed by atoms with Gasteiger partial charge in [-0.25, -0.2) is 0 Å². The van der Waals surface area contributed by atoms with Crippen LogP contribution in [0.5, 0.6) is 0 Å². The van der Waals surface area contributed by atoms with Gasteiger partial charge in [-0.1, -0.05) is 43.1 Å². The Bertz CT molecular complexity index is 1490. The van der Waals surface area contributed by atoms with Gasteiger partial charge < -0.3 is 0 Å². The van der Waals surface area contributed by atoms with Crippen molar-refractivity contribution < 1.29 is 13.0 Å². The highest BCUT2D eigenvalue weighted by atomic mass is 35.5. The Morgan fingerprint density at radius 3 is 2.52 bits per heavy atom. The molecule has 3 heterocycles. The van der Waals surface area contributed by atoms with E-state index in [4.69, 9.17) is 11.6 Å². The lowest BCUT2D eigenvalue weighted by atomic mass is 9.97. The molecule has 33 heavy (non-hydrogen) atoms. The van der Waals surface area contributed by atoms with Crippen LogP contribution in [0.3, 0.4) is 0 Å². The summed E-state index contributed by atoms with van der Waals surface area (Å²) in [5, 5.41) is 5.93. The molecule has 0 radical (unpaired) electrons. The fourth-order valence-electron chi connectivity index (χ4n) is 4.26. The van der Waals surface area contributed by atoms with E-state index in [1.807, 2.05) is 56.6 Å². The Labute approximate surface area is 203 Å². The van der Waals surface area contributed by atoms with Crippen molar-refractivity contribution in [2.24, 2.45) is 0 Å². The number of hydrogen-bond donors (Lipinski definition) is 1. The first kappa shape index (κ1) is 23.9. The standard InChI is InChI=1S/C24H26ClN3O3S2/c1-6-7-19-22-20(11-14(3)26-19)28(27-23(22)25)12-17-8-9-18(13(2)10-17)21-15(4)16(5)32-24(21)33(29,30)31/h8-11H,6-7,12H2,1-5H3,(H,29,30,31). The number of fused-ring (bicyclic) bond motifs is 1. The first-order chi connectivity index (χ1) is 15.5. The lowest BCUT2D eigenvalue weighted by molar-refractivity contribution is 0.486. The molecule has 174 valence electrons. The summed E-state index contributed by atoms with van der Waals surface area (Å²) in [6.07, 6.45) is 1.81. The van der Waals surface area contributed by atoms with Crippen molar-refractivity contribution >= 4 is 44.0 Å². The van der Waals surface area contributed by atoms with Crippen molar-refractivity contribution in [1.82, 2.24) is 14.8 Å². The molecule has 4 rings (SSSR count). The molecule has 0 aliphatic rings. The zero-order valence-electron chi connectivity index (χ0n) is 19.2. The van der Waals surface area contributed by atoms with Crippen LogP contribution >= 0.6 is 22.9 Å². The molecule has 0 spiro atoms. The van der Waals surface area contributed by atoms with Crippen LogP contribution in [0, 0.1) is 27.7 Å². The predicted molar refractivity (Wildman–Crippen MR) is 134 cm³/mol. The van der Waals surface area contributed by atoms with E-state index in [1.54, 1.807) is 0 Å². The summed E-state index contributed by atoms with van der Waals surface area (Å²) in [6, 6.07) is 7.91. The lowest BCUT2D eigenvalue weighted by Gasteiger charge is -2.11. The third kappa shape index (κ3) is 4.45. The fourth-order valence-corrected chi connectivity index (χ4v) is 6.77. The predicted octanol–water partition coefficient (Wildman–Crippen LogP) is 6.29. The summed E-state index contributed by atoms with van der Waals surface area (Å²) >= 11 is 7.60. The maximum Gasteiger partial charge on any atom is 0.304 e. The van der Waals surface area contributed by atoms with Gasteiger partial charge in [-0.3, -0.25) is 14.2 Å². The minimum atomic E-state index is -4.31. The zero-order valence-corrected chi connectivity index (χ0v) is 21.6. The van der Waals surface area contributed by atoms with Crippen LogP contribution in [0.1, 0.15) is 46.3 Å². The Kier molecular flexibility index (Phi) is 6.39. The summed E-state index contributed by atoms with van der Waals surface area (Å²) in [5.74, 6) is 0. The molecule has 0 amide bonds. The first-order valence-electron chi connectivity index (χ1n) is 10.7. The molecule has 3 aromatic heterocycles. The molecule has 6 nitrogen and oxygen atoms in total. The van der Waals surface area contributed by atoms with Crippen LogP contribution in [-0.4, -0.2) is 27.7 Å². The molecule has 0 saturated heterocycles. The molecule has 0 unspecified atom stereocenters. The molecule has 0 aliphatic carbocycles. The molecular formula is C24H26ClN3O3S2. The van der Waals surface area contributed by atoms with E-state index in [0.717, 1.165) is 73.6 Å². The molecule has 0 fully saturated rings. The number of rotatable bonds is 6. The Balaban J connectivity index is 1.77. The van der Waals surface area contributed by atoms with Gasteiger partial charge in [0, 0.05) is 16.1 Å². The van der Waals surface area contributed by atoms with Crippen molar-refractivity contribution in [1.29, 1.82) is 0 Å². The summed E-state index contributed by atoms with van der Waals surface area (Å²) in [4.78, 5) is 5.53. The maximum absolute atomic E-state index is 12.0. The summed E-state index contributed by atoms with van der Waals surface area (Å²) in [6.45, 7) is 10.3. The smallest absolute Gasteiger partial charge is 0.281 e. The van der Waals surface area contributed by atoms with E-state index in [0.29, 0.717) is 17.3 Å². The Morgan fingerprint density at radius 2 is 1.88 bits per heavy atom.